The molecule has 1 unspecified atom stereocenters. The van der Waals surface area contributed by atoms with Crippen LogP contribution in [0.25, 0.3) is 0 Å². The number of hydrogen-bond donors (Lipinski definition) is 1. The Morgan fingerprint density at radius 1 is 1.24 bits per heavy atom. The number of rotatable bonds is 6. The Bertz CT molecular complexity index is 612. The molecule has 21 heavy (non-hydrogen) atoms. The highest BCUT2D eigenvalue weighted by molar-refractivity contribution is 9.10. The molecule has 1 aromatic carbocycles. The number of aryl methyl sites for hydroxylation is 1. The van der Waals surface area contributed by atoms with E-state index in [4.69, 9.17) is 9.47 Å². The zero-order valence-electron chi connectivity index (χ0n) is 12.7. The lowest BCUT2D eigenvalue weighted by atomic mass is 10.0. The summed E-state index contributed by atoms with van der Waals surface area (Å²) >= 11 is 5.34. The van der Waals surface area contributed by atoms with Gasteiger partial charge in [-0.1, -0.05) is 6.92 Å². The van der Waals surface area contributed by atoms with E-state index in [1.54, 1.807) is 25.6 Å². The molecule has 0 saturated heterocycles. The minimum atomic E-state index is 0.118. The van der Waals surface area contributed by atoms with Crippen LogP contribution >= 0.6 is 27.3 Å². The minimum Gasteiger partial charge on any atom is -0.495 e. The van der Waals surface area contributed by atoms with Crippen LogP contribution in [-0.2, 0) is 0 Å². The van der Waals surface area contributed by atoms with Crippen molar-refractivity contribution in [2.24, 2.45) is 0 Å². The summed E-state index contributed by atoms with van der Waals surface area (Å²) in [6, 6.07) is 6.30. The Morgan fingerprint density at radius 2 is 2.00 bits per heavy atom. The van der Waals surface area contributed by atoms with Gasteiger partial charge in [0.25, 0.3) is 0 Å². The van der Waals surface area contributed by atoms with Crippen molar-refractivity contribution in [3.63, 3.8) is 0 Å². The first-order valence-electron chi connectivity index (χ1n) is 6.81. The number of thiophene rings is 1. The smallest absolute Gasteiger partial charge is 0.141 e. The summed E-state index contributed by atoms with van der Waals surface area (Å²) in [6.07, 6.45) is 0. The van der Waals surface area contributed by atoms with Gasteiger partial charge in [0.2, 0.25) is 0 Å². The van der Waals surface area contributed by atoms with Gasteiger partial charge < -0.3 is 14.8 Å². The van der Waals surface area contributed by atoms with Crippen LogP contribution in [-0.4, -0.2) is 20.8 Å². The van der Waals surface area contributed by atoms with Gasteiger partial charge in [0, 0.05) is 10.4 Å². The topological polar surface area (TPSA) is 30.5 Å². The van der Waals surface area contributed by atoms with Crippen molar-refractivity contribution in [1.82, 2.24) is 5.32 Å². The van der Waals surface area contributed by atoms with Crippen molar-refractivity contribution in [3.05, 3.63) is 44.1 Å². The van der Waals surface area contributed by atoms with Crippen LogP contribution in [0.4, 0.5) is 0 Å². The van der Waals surface area contributed by atoms with Gasteiger partial charge in [-0.3, -0.25) is 0 Å². The lowest BCUT2D eigenvalue weighted by molar-refractivity contribution is 0.383. The van der Waals surface area contributed by atoms with Gasteiger partial charge in [0.15, 0.2) is 0 Å². The number of ether oxygens (including phenoxy) is 2. The predicted octanol–water partition coefficient (Wildman–Crippen LogP) is 4.54. The second-order valence-corrected chi connectivity index (χ2v) is 6.40. The lowest BCUT2D eigenvalue weighted by Crippen LogP contribution is -2.22. The summed E-state index contributed by atoms with van der Waals surface area (Å²) in [4.78, 5) is 1.31. The molecule has 0 aliphatic carbocycles. The molecule has 1 heterocycles. The van der Waals surface area contributed by atoms with Crippen LogP contribution in [0, 0.1) is 6.92 Å². The van der Waals surface area contributed by atoms with Crippen molar-refractivity contribution in [2.75, 3.05) is 20.8 Å². The molecule has 1 aromatic heterocycles. The maximum Gasteiger partial charge on any atom is 0.141 e. The molecule has 2 aromatic rings. The Kier molecular flexibility index (Phi) is 5.67. The van der Waals surface area contributed by atoms with E-state index >= 15 is 0 Å². The van der Waals surface area contributed by atoms with E-state index in [9.17, 15) is 0 Å². The maximum atomic E-state index is 5.62. The van der Waals surface area contributed by atoms with Crippen LogP contribution in [0.1, 0.15) is 29.0 Å². The van der Waals surface area contributed by atoms with Gasteiger partial charge in [-0.05, 0) is 58.5 Å². The molecule has 0 fully saturated rings. The van der Waals surface area contributed by atoms with Crippen molar-refractivity contribution in [1.29, 1.82) is 0 Å². The Hall–Kier alpha value is -1.04. The minimum absolute atomic E-state index is 0.118. The van der Waals surface area contributed by atoms with E-state index in [1.807, 2.05) is 6.07 Å². The number of methoxy groups -OCH3 is 2. The Labute approximate surface area is 138 Å². The fourth-order valence-electron chi connectivity index (χ4n) is 2.37. The highest BCUT2D eigenvalue weighted by atomic mass is 79.9. The monoisotopic (exact) mass is 369 g/mol. The van der Waals surface area contributed by atoms with Gasteiger partial charge in [-0.2, -0.15) is 0 Å². The third-order valence-corrected chi connectivity index (χ3v) is 5.23. The van der Waals surface area contributed by atoms with Crippen molar-refractivity contribution < 1.29 is 9.47 Å². The molecule has 1 atom stereocenters. The summed E-state index contributed by atoms with van der Waals surface area (Å²) < 4.78 is 11.8. The summed E-state index contributed by atoms with van der Waals surface area (Å²) in [7, 11) is 3.34. The van der Waals surface area contributed by atoms with E-state index in [0.29, 0.717) is 0 Å². The molecule has 0 radical (unpaired) electrons. The molecule has 0 bridgehead atoms. The van der Waals surface area contributed by atoms with Gasteiger partial charge >= 0.3 is 0 Å². The first-order valence-corrected chi connectivity index (χ1v) is 8.49. The second-order valence-electron chi connectivity index (χ2n) is 4.66. The molecular formula is C16H20BrNO2S. The summed E-state index contributed by atoms with van der Waals surface area (Å²) in [6.45, 7) is 5.14. The number of benzene rings is 1. The third kappa shape index (κ3) is 3.25. The van der Waals surface area contributed by atoms with Gasteiger partial charge in [0.05, 0.1) is 20.3 Å². The number of halogens is 1. The van der Waals surface area contributed by atoms with E-state index in [0.717, 1.165) is 28.1 Å². The van der Waals surface area contributed by atoms with Crippen molar-refractivity contribution in [2.45, 2.75) is 19.9 Å². The van der Waals surface area contributed by atoms with E-state index in [1.165, 1.54) is 10.4 Å². The molecule has 0 spiro atoms. The van der Waals surface area contributed by atoms with Crippen LogP contribution in [0.5, 0.6) is 11.5 Å². The number of hydrogen-bond acceptors (Lipinski definition) is 4. The summed E-state index contributed by atoms with van der Waals surface area (Å²) in [5.41, 5.74) is 2.40. The largest absolute Gasteiger partial charge is 0.495 e. The molecule has 0 aliphatic rings. The molecule has 1 N–H and O–H groups in total. The van der Waals surface area contributed by atoms with E-state index in [2.05, 4.69) is 52.6 Å². The molecule has 5 heteroatoms. The highest BCUT2D eigenvalue weighted by Crippen LogP contribution is 2.42. The first kappa shape index (κ1) is 16.3. The summed E-state index contributed by atoms with van der Waals surface area (Å²) in [5, 5.41) is 5.68. The zero-order valence-corrected chi connectivity index (χ0v) is 15.1. The normalized spacial score (nSPS) is 12.2. The average molecular weight is 370 g/mol. The van der Waals surface area contributed by atoms with Crippen LogP contribution < -0.4 is 14.8 Å². The fraction of sp³-hybridized carbons (Fsp3) is 0.375. The Balaban J connectivity index is 2.55. The van der Waals surface area contributed by atoms with Crippen LogP contribution in [0.3, 0.4) is 0 Å². The molecule has 0 saturated carbocycles. The maximum absolute atomic E-state index is 5.62. The van der Waals surface area contributed by atoms with Crippen molar-refractivity contribution in [3.8, 4) is 11.5 Å². The summed E-state index contributed by atoms with van der Waals surface area (Å²) in [5.74, 6) is 1.59. The third-order valence-electron chi connectivity index (χ3n) is 3.40. The lowest BCUT2D eigenvalue weighted by Gasteiger charge is -2.22. The van der Waals surface area contributed by atoms with E-state index in [-0.39, 0.29) is 6.04 Å². The van der Waals surface area contributed by atoms with Gasteiger partial charge in [0.1, 0.15) is 16.0 Å². The molecule has 3 nitrogen and oxygen atoms in total. The molecule has 2 rings (SSSR count). The second kappa shape index (κ2) is 7.29. The predicted molar refractivity (Wildman–Crippen MR) is 91.8 cm³/mol. The van der Waals surface area contributed by atoms with Gasteiger partial charge in [-0.15, -0.1) is 11.3 Å². The molecule has 0 aliphatic heterocycles. The SMILES string of the molecule is CCNC(c1ccc(OC)c(Br)c1OC)c1sccc1C. The first-order chi connectivity index (χ1) is 10.1. The molecular weight excluding hydrogens is 350 g/mol. The van der Waals surface area contributed by atoms with Crippen LogP contribution in [0.15, 0.2) is 28.1 Å². The highest BCUT2D eigenvalue weighted by Gasteiger charge is 2.23. The van der Waals surface area contributed by atoms with Gasteiger partial charge in [-0.25, -0.2) is 0 Å². The van der Waals surface area contributed by atoms with Crippen molar-refractivity contribution >= 4 is 27.3 Å². The molecule has 0 amide bonds. The molecule has 114 valence electrons. The quantitative estimate of drug-likeness (QED) is 0.810. The van der Waals surface area contributed by atoms with E-state index < -0.39 is 0 Å². The standard InChI is InChI=1S/C16H20BrNO2S/c1-5-18-14(16-10(2)8-9-21-16)11-6-7-12(19-3)13(17)15(11)20-4/h6-9,14,18H,5H2,1-4H3. The Morgan fingerprint density at radius 3 is 2.52 bits per heavy atom. The average Bonchev–Trinajstić information content (AvgIpc) is 2.90. The van der Waals surface area contributed by atoms with Crippen LogP contribution in [0.2, 0.25) is 0 Å². The number of nitrogens with one attached hydrogen (secondary N) is 1. The fourth-order valence-corrected chi connectivity index (χ4v) is 4.08. The zero-order chi connectivity index (χ0) is 15.4.